The molecule has 2 N–H and O–H groups in total. The molecule has 1 fully saturated rings. The molecule has 0 bridgehead atoms. The molecule has 1 aliphatic rings. The van der Waals surface area contributed by atoms with Crippen molar-refractivity contribution in [3.8, 4) is 11.5 Å². The van der Waals surface area contributed by atoms with Crippen LogP contribution in [0.5, 0.6) is 11.5 Å². The first-order valence-electron chi connectivity index (χ1n) is 15.3. The number of phenols is 2. The van der Waals surface area contributed by atoms with Gasteiger partial charge in [-0.2, -0.15) is 0 Å². The maximum atomic E-state index is 10.9. The molecule has 0 saturated heterocycles. The van der Waals surface area contributed by atoms with E-state index >= 15 is 0 Å². The second-order valence-corrected chi connectivity index (χ2v) is 11.7. The number of carboxylic acids is 2. The number of carbonyl (C=O) groups excluding carboxylic acids is 2. The van der Waals surface area contributed by atoms with Gasteiger partial charge in [-0.25, -0.2) is 0 Å². The third-order valence-electron chi connectivity index (χ3n) is 7.03. The summed E-state index contributed by atoms with van der Waals surface area (Å²) in [5, 5.41) is 39.5. The van der Waals surface area contributed by atoms with E-state index in [1.807, 2.05) is 12.4 Å². The quantitative estimate of drug-likeness (QED) is 0.337. The van der Waals surface area contributed by atoms with E-state index in [0.717, 1.165) is 81.0 Å². The predicted molar refractivity (Wildman–Crippen MR) is 170 cm³/mol. The van der Waals surface area contributed by atoms with E-state index < -0.39 is 11.9 Å². The van der Waals surface area contributed by atoms with Gasteiger partial charge in [-0.1, -0.05) is 66.5 Å². The number of benzene rings is 2. The minimum absolute atomic E-state index is 0. The largest absolute Gasteiger partial charge is 2.00 e. The number of hydrogen-bond acceptors (Lipinski definition) is 8. The van der Waals surface area contributed by atoms with Crippen LogP contribution in [0.25, 0.3) is 0 Å². The Hall–Kier alpha value is -3.17. The molecule has 2 unspecified atom stereocenters. The minimum atomic E-state index is -1.08. The summed E-state index contributed by atoms with van der Waals surface area (Å²) in [6.07, 6.45) is 10.9. The number of aliphatic imine (C=N–C) groups is 2. The van der Waals surface area contributed by atoms with Crippen LogP contribution in [0.1, 0.15) is 133 Å². The van der Waals surface area contributed by atoms with Crippen LogP contribution in [0.15, 0.2) is 34.3 Å². The maximum Gasteiger partial charge on any atom is 2.00 e. The summed E-state index contributed by atoms with van der Waals surface area (Å²) >= 11 is 0. The van der Waals surface area contributed by atoms with Crippen LogP contribution in [0.3, 0.4) is 0 Å². The molecule has 2 atom stereocenters. The molecule has 2 aromatic carbocycles. The number of carbonyl (C=O) groups is 2. The van der Waals surface area contributed by atoms with Gasteiger partial charge in [0, 0.05) is 35.5 Å². The van der Waals surface area contributed by atoms with Crippen molar-refractivity contribution in [3.05, 3.63) is 57.6 Å². The van der Waals surface area contributed by atoms with Crippen molar-refractivity contribution in [1.29, 1.82) is 0 Å². The Morgan fingerprint density at radius 3 is 1.36 bits per heavy atom. The van der Waals surface area contributed by atoms with Crippen LogP contribution < -0.4 is 10.2 Å². The Balaban J connectivity index is 0.00000183. The molecule has 0 aliphatic heterocycles. The zero-order valence-corrected chi connectivity index (χ0v) is 28.5. The second-order valence-electron chi connectivity index (χ2n) is 11.7. The number of aromatic hydroxyl groups is 2. The van der Waals surface area contributed by atoms with Crippen molar-refractivity contribution in [2.45, 2.75) is 124 Å². The number of nitrogens with zero attached hydrogens (tertiary/aromatic N) is 2. The van der Waals surface area contributed by atoms with Crippen molar-refractivity contribution in [1.82, 2.24) is 0 Å². The average molecular weight is 654 g/mol. The average Bonchev–Trinajstić information content (AvgIpc) is 3.35. The number of aryl methyl sites for hydroxylation is 2. The van der Waals surface area contributed by atoms with Crippen LogP contribution in [-0.4, -0.2) is 46.7 Å². The van der Waals surface area contributed by atoms with Crippen molar-refractivity contribution < 1.29 is 46.8 Å². The Bertz CT molecular complexity index is 1150. The fraction of sp³-hybridized carbons (Fsp3) is 0.543. The summed E-state index contributed by atoms with van der Waals surface area (Å²) in [4.78, 5) is 27.6. The first kappa shape index (κ1) is 40.8. The molecule has 0 amide bonds. The molecule has 2 aromatic rings. The Morgan fingerprint density at radius 1 is 0.773 bits per heavy atom. The van der Waals surface area contributed by atoms with Gasteiger partial charge in [0.2, 0.25) is 0 Å². The van der Waals surface area contributed by atoms with Crippen molar-refractivity contribution in [2.24, 2.45) is 9.98 Å². The number of rotatable bonds is 10. The number of hydrogen-bond donors (Lipinski definition) is 2. The van der Waals surface area contributed by atoms with Crippen LogP contribution in [-0.2, 0) is 39.2 Å². The fourth-order valence-electron chi connectivity index (χ4n) is 5.05. The molecule has 8 nitrogen and oxygen atoms in total. The normalized spacial score (nSPS) is 16.0. The Labute approximate surface area is 273 Å². The minimum Gasteiger partial charge on any atom is -0.550 e. The van der Waals surface area contributed by atoms with Gasteiger partial charge in [-0.15, -0.1) is 0 Å². The molecular weight excluding hydrogens is 603 g/mol. The van der Waals surface area contributed by atoms with Crippen molar-refractivity contribution in [2.75, 3.05) is 0 Å². The van der Waals surface area contributed by atoms with Gasteiger partial charge < -0.3 is 30.0 Å². The predicted octanol–water partition coefficient (Wildman–Crippen LogP) is 5.22. The van der Waals surface area contributed by atoms with Crippen LogP contribution in [0.2, 0.25) is 0 Å². The molecule has 0 heterocycles. The van der Waals surface area contributed by atoms with E-state index in [1.54, 1.807) is 0 Å². The molecule has 9 heteroatoms. The van der Waals surface area contributed by atoms with Gasteiger partial charge in [0.15, 0.2) is 0 Å². The summed E-state index contributed by atoms with van der Waals surface area (Å²) in [5.74, 6) is -0.953. The van der Waals surface area contributed by atoms with Crippen molar-refractivity contribution >= 4 is 24.4 Å². The summed E-state index contributed by atoms with van der Waals surface area (Å²) in [5.41, 5.74) is 6.09. The third-order valence-corrected chi connectivity index (χ3v) is 7.03. The number of carboxylic acid groups (broad SMARTS) is 2. The number of aliphatic carboxylic acids is 2. The summed E-state index contributed by atoms with van der Waals surface area (Å²) in [7, 11) is 0. The van der Waals surface area contributed by atoms with E-state index in [0.29, 0.717) is 11.5 Å². The molecule has 0 aromatic heterocycles. The van der Waals surface area contributed by atoms with Gasteiger partial charge in [0.1, 0.15) is 11.5 Å². The Kier molecular flexibility index (Phi) is 19.2. The summed E-state index contributed by atoms with van der Waals surface area (Å²) < 4.78 is 0. The van der Waals surface area contributed by atoms with Crippen LogP contribution in [0, 0.1) is 0 Å². The van der Waals surface area contributed by atoms with E-state index in [4.69, 9.17) is 29.8 Å². The molecule has 44 heavy (non-hydrogen) atoms. The molecular formula is C35H50CoN2O6. The number of phenolic OH excluding ortho intramolecular Hbond substituents is 2. The SMILES string of the molecule is CC(=O)[O-].CC(=O)[O-].CCCc1cc(C=NC2CCCC2N=Cc2cc(CCC)cc(C(C)C)c2O)c(O)c(C(C)C)c1.[Co+2]. The van der Waals surface area contributed by atoms with Crippen LogP contribution >= 0.6 is 0 Å². The first-order chi connectivity index (χ1) is 20.2. The van der Waals surface area contributed by atoms with E-state index in [2.05, 4.69) is 65.8 Å². The van der Waals surface area contributed by atoms with Gasteiger partial charge >= 0.3 is 16.8 Å². The van der Waals surface area contributed by atoms with E-state index in [1.165, 1.54) is 11.1 Å². The third kappa shape index (κ3) is 14.1. The van der Waals surface area contributed by atoms with Crippen molar-refractivity contribution in [3.63, 3.8) is 0 Å². The molecule has 1 saturated carbocycles. The molecule has 0 spiro atoms. The van der Waals surface area contributed by atoms with Gasteiger partial charge in [0.25, 0.3) is 0 Å². The summed E-state index contributed by atoms with van der Waals surface area (Å²) in [6, 6.07) is 8.60. The molecule has 3 rings (SSSR count). The zero-order chi connectivity index (χ0) is 32.7. The van der Waals surface area contributed by atoms with Gasteiger partial charge in [-0.3, -0.25) is 9.98 Å². The van der Waals surface area contributed by atoms with E-state index in [9.17, 15) is 10.2 Å². The van der Waals surface area contributed by atoms with Gasteiger partial charge in [-0.05, 0) is 92.2 Å². The smallest absolute Gasteiger partial charge is 0.550 e. The topological polar surface area (TPSA) is 145 Å². The molecule has 1 radical (unpaired) electrons. The van der Waals surface area contributed by atoms with Gasteiger partial charge in [0.05, 0.1) is 12.1 Å². The van der Waals surface area contributed by atoms with E-state index in [-0.39, 0.29) is 40.7 Å². The zero-order valence-electron chi connectivity index (χ0n) is 27.5. The molecule has 245 valence electrons. The van der Waals surface area contributed by atoms with Crippen LogP contribution in [0.4, 0.5) is 0 Å². The monoisotopic (exact) mass is 653 g/mol. The standard InChI is InChI=1S/C31H44N2O2.2C2H4O2.Co/c1-7-10-22-14-24(30(34)26(16-22)20(3)4)18-32-28-12-9-13-29(28)33-19-25-15-23(11-8-2)17-27(21(5)6)31(25)35;2*1-2(3)4;/h14-21,28-29,34-35H,7-13H2,1-6H3;2*1H3,(H,3,4);/q;;;+2/p-2. The second kappa shape index (κ2) is 20.7. The maximum absolute atomic E-state index is 10.9. The Morgan fingerprint density at radius 2 is 1.09 bits per heavy atom. The summed E-state index contributed by atoms with van der Waals surface area (Å²) in [6.45, 7) is 14.8. The first-order valence-corrected chi connectivity index (χ1v) is 15.3. The molecule has 1 aliphatic carbocycles. The fourth-order valence-corrected chi connectivity index (χ4v) is 5.05.